The van der Waals surface area contributed by atoms with Crippen LogP contribution in [-0.4, -0.2) is 34.8 Å². The topological polar surface area (TPSA) is 65.8 Å². The van der Waals surface area contributed by atoms with E-state index in [-0.39, 0.29) is 11.9 Å². The maximum Gasteiger partial charge on any atom is 0.322 e. The van der Waals surface area contributed by atoms with E-state index in [1.165, 1.54) is 0 Å². The molecular formula is C24H25N3O3. The molecule has 0 atom stereocenters. The Morgan fingerprint density at radius 1 is 0.933 bits per heavy atom. The fourth-order valence-electron chi connectivity index (χ4n) is 3.63. The lowest BCUT2D eigenvalue weighted by Gasteiger charge is -2.23. The number of rotatable bonds is 6. The Balaban J connectivity index is 1.48. The number of carbonyl (C=O) groups is 2. The molecule has 6 heteroatoms. The minimum atomic E-state index is -0.249. The van der Waals surface area contributed by atoms with Gasteiger partial charge in [0.15, 0.2) is 0 Å². The zero-order chi connectivity index (χ0) is 20.8. The maximum atomic E-state index is 13.1. The zero-order valence-corrected chi connectivity index (χ0v) is 16.8. The van der Waals surface area contributed by atoms with Gasteiger partial charge in [0.25, 0.3) is 5.91 Å². The van der Waals surface area contributed by atoms with E-state index < -0.39 is 0 Å². The van der Waals surface area contributed by atoms with Crippen molar-refractivity contribution in [3.8, 4) is 0 Å². The first-order valence-electron chi connectivity index (χ1n) is 10.2. The molecule has 0 spiro atoms. The molecule has 154 valence electrons. The lowest BCUT2D eigenvalue weighted by molar-refractivity contribution is 0.0793. The lowest BCUT2D eigenvalue weighted by Crippen LogP contribution is -2.34. The van der Waals surface area contributed by atoms with Crippen LogP contribution in [0.2, 0.25) is 0 Å². The number of furan rings is 1. The van der Waals surface area contributed by atoms with Gasteiger partial charge in [-0.25, -0.2) is 4.79 Å². The summed E-state index contributed by atoms with van der Waals surface area (Å²) < 4.78 is 5.44. The van der Waals surface area contributed by atoms with Crippen LogP contribution in [0.15, 0.2) is 77.4 Å². The second-order valence-electron chi connectivity index (χ2n) is 7.43. The number of carbonyl (C=O) groups excluding carboxylic acids is 2. The molecule has 2 heterocycles. The van der Waals surface area contributed by atoms with E-state index >= 15 is 0 Å². The van der Waals surface area contributed by atoms with Crippen LogP contribution < -0.4 is 5.32 Å². The molecule has 2 aromatic carbocycles. The molecule has 3 aromatic rings. The highest BCUT2D eigenvalue weighted by Gasteiger charge is 2.20. The van der Waals surface area contributed by atoms with Crippen molar-refractivity contribution in [1.29, 1.82) is 0 Å². The van der Waals surface area contributed by atoms with Gasteiger partial charge in [0, 0.05) is 30.9 Å². The molecule has 0 bridgehead atoms. The average Bonchev–Trinajstić information content (AvgIpc) is 3.48. The highest BCUT2D eigenvalue weighted by molar-refractivity contribution is 5.97. The van der Waals surface area contributed by atoms with Gasteiger partial charge in [-0.3, -0.25) is 4.79 Å². The van der Waals surface area contributed by atoms with Crippen molar-refractivity contribution in [3.63, 3.8) is 0 Å². The van der Waals surface area contributed by atoms with Crippen molar-refractivity contribution >= 4 is 17.6 Å². The zero-order valence-electron chi connectivity index (χ0n) is 16.8. The summed E-state index contributed by atoms with van der Waals surface area (Å²) in [5.41, 5.74) is 2.22. The van der Waals surface area contributed by atoms with Gasteiger partial charge in [0.1, 0.15) is 5.76 Å². The van der Waals surface area contributed by atoms with Crippen LogP contribution in [0.5, 0.6) is 0 Å². The van der Waals surface area contributed by atoms with Crippen LogP contribution in [0, 0.1) is 0 Å². The molecular weight excluding hydrogens is 378 g/mol. The highest BCUT2D eigenvalue weighted by atomic mass is 16.3. The maximum absolute atomic E-state index is 13.1. The van der Waals surface area contributed by atoms with Crippen molar-refractivity contribution in [2.75, 3.05) is 18.4 Å². The Morgan fingerprint density at radius 3 is 2.47 bits per heavy atom. The number of nitrogens with one attached hydrogen (secondary N) is 1. The Labute approximate surface area is 176 Å². The van der Waals surface area contributed by atoms with E-state index in [0.717, 1.165) is 31.5 Å². The second kappa shape index (κ2) is 9.31. The van der Waals surface area contributed by atoms with Gasteiger partial charge in [-0.2, -0.15) is 0 Å². The lowest BCUT2D eigenvalue weighted by atomic mass is 10.1. The largest absolute Gasteiger partial charge is 0.467 e. The molecule has 1 aliphatic heterocycles. The molecule has 4 rings (SSSR count). The first-order valence-corrected chi connectivity index (χ1v) is 10.2. The summed E-state index contributed by atoms with van der Waals surface area (Å²) >= 11 is 0. The summed E-state index contributed by atoms with van der Waals surface area (Å²) in [5, 5.41) is 2.94. The van der Waals surface area contributed by atoms with Gasteiger partial charge in [-0.15, -0.1) is 0 Å². The molecule has 0 saturated carbocycles. The summed E-state index contributed by atoms with van der Waals surface area (Å²) in [4.78, 5) is 29.3. The average molecular weight is 403 g/mol. The number of amides is 3. The molecule has 0 radical (unpaired) electrons. The van der Waals surface area contributed by atoms with E-state index in [9.17, 15) is 9.59 Å². The van der Waals surface area contributed by atoms with E-state index in [4.69, 9.17) is 4.42 Å². The van der Waals surface area contributed by atoms with Crippen molar-refractivity contribution in [1.82, 2.24) is 9.80 Å². The van der Waals surface area contributed by atoms with E-state index in [1.54, 1.807) is 41.5 Å². The third-order valence-electron chi connectivity index (χ3n) is 5.18. The summed E-state index contributed by atoms with van der Waals surface area (Å²) in [6.07, 6.45) is 3.69. The summed E-state index contributed by atoms with van der Waals surface area (Å²) in [6.45, 7) is 2.38. The third kappa shape index (κ3) is 4.89. The van der Waals surface area contributed by atoms with Crippen LogP contribution in [0.25, 0.3) is 0 Å². The number of nitrogens with zero attached hydrogens (tertiary/aromatic N) is 2. The number of benzene rings is 2. The van der Waals surface area contributed by atoms with Crippen molar-refractivity contribution < 1.29 is 14.0 Å². The molecule has 3 amide bonds. The van der Waals surface area contributed by atoms with Gasteiger partial charge < -0.3 is 19.5 Å². The smallest absolute Gasteiger partial charge is 0.322 e. The van der Waals surface area contributed by atoms with Crippen LogP contribution in [0.4, 0.5) is 10.5 Å². The second-order valence-corrected chi connectivity index (χ2v) is 7.43. The Kier molecular flexibility index (Phi) is 6.13. The Morgan fingerprint density at radius 2 is 1.73 bits per heavy atom. The van der Waals surface area contributed by atoms with E-state index in [1.807, 2.05) is 41.3 Å². The van der Waals surface area contributed by atoms with Crippen molar-refractivity contribution in [2.24, 2.45) is 0 Å². The monoisotopic (exact) mass is 403 g/mol. The molecule has 1 aliphatic rings. The van der Waals surface area contributed by atoms with Gasteiger partial charge in [0.2, 0.25) is 0 Å². The normalized spacial score (nSPS) is 13.3. The summed E-state index contributed by atoms with van der Waals surface area (Å²) in [6, 6.07) is 20.4. The van der Waals surface area contributed by atoms with E-state index in [2.05, 4.69) is 5.32 Å². The Hall–Kier alpha value is -3.54. The van der Waals surface area contributed by atoms with Crippen molar-refractivity contribution in [3.05, 3.63) is 89.9 Å². The highest BCUT2D eigenvalue weighted by Crippen LogP contribution is 2.18. The van der Waals surface area contributed by atoms with Crippen molar-refractivity contribution in [2.45, 2.75) is 25.9 Å². The predicted molar refractivity (Wildman–Crippen MR) is 115 cm³/mol. The number of hydrogen-bond acceptors (Lipinski definition) is 3. The molecule has 0 aliphatic carbocycles. The number of hydrogen-bond donors (Lipinski definition) is 1. The molecule has 1 aromatic heterocycles. The predicted octanol–water partition coefficient (Wildman–Crippen LogP) is 4.75. The number of urea groups is 1. The quantitative estimate of drug-likeness (QED) is 0.646. The molecule has 30 heavy (non-hydrogen) atoms. The molecule has 0 unspecified atom stereocenters. The molecule has 1 saturated heterocycles. The summed E-state index contributed by atoms with van der Waals surface area (Å²) in [5.74, 6) is 0.722. The van der Waals surface area contributed by atoms with Crippen LogP contribution in [-0.2, 0) is 13.1 Å². The third-order valence-corrected chi connectivity index (χ3v) is 5.18. The summed E-state index contributed by atoms with van der Waals surface area (Å²) in [7, 11) is 0. The first-order chi connectivity index (χ1) is 14.7. The minimum absolute atomic E-state index is 0.0142. The van der Waals surface area contributed by atoms with Gasteiger partial charge >= 0.3 is 6.03 Å². The minimum Gasteiger partial charge on any atom is -0.467 e. The first kappa shape index (κ1) is 19.8. The fraction of sp³-hybridized carbons (Fsp3) is 0.250. The van der Waals surface area contributed by atoms with Gasteiger partial charge in [-0.05, 0) is 48.7 Å². The number of anilines is 1. The fourth-order valence-corrected chi connectivity index (χ4v) is 3.63. The Bertz CT molecular complexity index is 980. The SMILES string of the molecule is O=C(Nc1cccc(C(=O)N2CCCC2)c1)N(Cc1ccccc1)Cc1ccco1. The number of likely N-dealkylation sites (tertiary alicyclic amines) is 1. The van der Waals surface area contributed by atoms with Crippen LogP contribution in [0.1, 0.15) is 34.5 Å². The molecule has 6 nitrogen and oxygen atoms in total. The van der Waals surface area contributed by atoms with E-state index in [0.29, 0.717) is 30.1 Å². The molecule has 1 fully saturated rings. The standard InChI is InChI=1S/C24H25N3O3/c28-23(26-13-4-5-14-26)20-10-6-11-21(16-20)25-24(29)27(18-22-12-7-15-30-22)17-19-8-2-1-3-9-19/h1-3,6-12,15-16H,4-5,13-14,17-18H2,(H,25,29). The van der Waals surface area contributed by atoms with Gasteiger partial charge in [0.05, 0.1) is 12.8 Å². The van der Waals surface area contributed by atoms with Crippen LogP contribution in [0.3, 0.4) is 0 Å². The van der Waals surface area contributed by atoms with Crippen LogP contribution >= 0.6 is 0 Å². The van der Waals surface area contributed by atoms with Gasteiger partial charge in [-0.1, -0.05) is 36.4 Å². The molecule has 1 N–H and O–H groups in total.